The average molecular weight is 527 g/mol. The van der Waals surface area contributed by atoms with E-state index in [1.54, 1.807) is 25.1 Å². The van der Waals surface area contributed by atoms with E-state index in [-0.39, 0.29) is 5.91 Å². The van der Waals surface area contributed by atoms with E-state index in [4.69, 9.17) is 16.3 Å². The van der Waals surface area contributed by atoms with E-state index in [1.807, 2.05) is 18.2 Å². The molecule has 2 aliphatic rings. The number of carbonyl (C=O) groups is 1. The maximum atomic E-state index is 11.7. The lowest BCUT2D eigenvalue weighted by molar-refractivity contribution is -0.113. The maximum absolute atomic E-state index is 11.7. The smallest absolute Gasteiger partial charge is 0.234 e. The highest BCUT2D eigenvalue weighted by molar-refractivity contribution is 8.00. The number of aliphatic hydroxyl groups is 1. The van der Waals surface area contributed by atoms with Crippen molar-refractivity contribution in [2.75, 3.05) is 44.4 Å². The second-order valence-electron chi connectivity index (χ2n) is 9.48. The Labute approximate surface area is 220 Å². The van der Waals surface area contributed by atoms with Crippen LogP contribution in [0, 0.1) is 5.92 Å². The second kappa shape index (κ2) is 11.4. The minimum Gasteiger partial charge on any atom is -0.497 e. The van der Waals surface area contributed by atoms with Gasteiger partial charge in [-0.15, -0.1) is 11.8 Å². The predicted molar refractivity (Wildman–Crippen MR) is 145 cm³/mol. The molecule has 1 aromatic heterocycles. The molecule has 0 saturated carbocycles. The minimum absolute atomic E-state index is 0.0577. The first-order valence-corrected chi connectivity index (χ1v) is 13.7. The van der Waals surface area contributed by atoms with Crippen LogP contribution >= 0.6 is 23.4 Å². The summed E-state index contributed by atoms with van der Waals surface area (Å²) in [6, 6.07) is 11.9. The van der Waals surface area contributed by atoms with Gasteiger partial charge in [-0.1, -0.05) is 17.7 Å². The molecule has 1 amide bonds. The zero-order chi connectivity index (χ0) is 25.1. The van der Waals surface area contributed by atoms with Crippen LogP contribution in [0.2, 0.25) is 5.02 Å². The number of aromatic nitrogens is 1. The molecule has 2 aliphatic heterocycles. The molecule has 36 heavy (non-hydrogen) atoms. The summed E-state index contributed by atoms with van der Waals surface area (Å²) in [6.07, 6.45) is 3.15. The number of carbonyl (C=O) groups excluding carboxylic acids is 1. The van der Waals surface area contributed by atoms with Gasteiger partial charge >= 0.3 is 0 Å². The molecule has 2 atom stereocenters. The van der Waals surface area contributed by atoms with Gasteiger partial charge in [0.05, 0.1) is 35.2 Å². The monoisotopic (exact) mass is 526 g/mol. The summed E-state index contributed by atoms with van der Waals surface area (Å²) >= 11 is 8.08. The van der Waals surface area contributed by atoms with Gasteiger partial charge in [-0.3, -0.25) is 9.78 Å². The maximum Gasteiger partial charge on any atom is 0.234 e. The van der Waals surface area contributed by atoms with E-state index in [2.05, 4.69) is 38.7 Å². The number of thioether (sulfide) groups is 1. The number of methoxy groups -OCH3 is 1. The first kappa shape index (κ1) is 25.3. The van der Waals surface area contributed by atoms with Crippen LogP contribution in [0.5, 0.6) is 5.75 Å². The molecule has 0 bridgehead atoms. The number of hydrogen-bond donors (Lipinski definition) is 3. The molecule has 0 aliphatic carbocycles. The van der Waals surface area contributed by atoms with Crippen LogP contribution in [0.15, 0.2) is 47.5 Å². The fourth-order valence-electron chi connectivity index (χ4n) is 5.11. The Morgan fingerprint density at radius 2 is 2.22 bits per heavy atom. The predicted octanol–water partition coefficient (Wildman–Crippen LogP) is 4.48. The van der Waals surface area contributed by atoms with Crippen LogP contribution in [-0.4, -0.2) is 59.9 Å². The van der Waals surface area contributed by atoms with Gasteiger partial charge in [-0.25, -0.2) is 0 Å². The molecule has 3 aromatic rings. The highest BCUT2D eigenvalue weighted by atomic mass is 35.5. The number of nitrogens with zero attached hydrogens (tertiary/aromatic N) is 2. The Bertz CT molecular complexity index is 1260. The Balaban J connectivity index is 1.18. The van der Waals surface area contributed by atoms with Crippen LogP contribution in [0.25, 0.3) is 10.9 Å². The number of β-amino-alcohol motifs (C(OH)–C–C–N with tert-alkyl or cyclic N) is 1. The van der Waals surface area contributed by atoms with Crippen molar-refractivity contribution in [1.29, 1.82) is 0 Å². The molecular weight excluding hydrogens is 496 g/mol. The Morgan fingerprint density at radius 1 is 1.33 bits per heavy atom. The number of benzene rings is 2. The van der Waals surface area contributed by atoms with Crippen LogP contribution in [0.4, 0.5) is 5.69 Å². The molecule has 1 saturated heterocycles. The van der Waals surface area contributed by atoms with Crippen molar-refractivity contribution < 1.29 is 14.6 Å². The van der Waals surface area contributed by atoms with Gasteiger partial charge in [0.15, 0.2) is 0 Å². The van der Waals surface area contributed by atoms with Crippen LogP contribution in [0.1, 0.15) is 30.1 Å². The Kier molecular flexibility index (Phi) is 7.98. The summed E-state index contributed by atoms with van der Waals surface area (Å²) < 4.78 is 5.37. The normalized spacial score (nSPS) is 19.1. The number of ether oxygens (including phenoxy) is 1. The molecule has 2 aromatic carbocycles. The van der Waals surface area contributed by atoms with Crippen molar-refractivity contribution in [2.24, 2.45) is 5.92 Å². The summed E-state index contributed by atoms with van der Waals surface area (Å²) in [4.78, 5) is 19.5. The quantitative estimate of drug-likeness (QED) is 0.399. The van der Waals surface area contributed by atoms with Crippen LogP contribution < -0.4 is 15.4 Å². The largest absolute Gasteiger partial charge is 0.497 e. The van der Waals surface area contributed by atoms with Crippen molar-refractivity contribution in [2.45, 2.75) is 30.4 Å². The number of amides is 1. The van der Waals surface area contributed by atoms with E-state index < -0.39 is 6.10 Å². The number of pyridine rings is 1. The molecule has 9 heteroatoms. The summed E-state index contributed by atoms with van der Waals surface area (Å²) in [5.41, 5.74) is 3.57. The lowest BCUT2D eigenvalue weighted by atomic mass is 9.96. The zero-order valence-corrected chi connectivity index (χ0v) is 21.9. The number of rotatable bonds is 8. The molecule has 0 spiro atoms. The van der Waals surface area contributed by atoms with E-state index in [0.717, 1.165) is 66.1 Å². The van der Waals surface area contributed by atoms with Gasteiger partial charge in [0, 0.05) is 41.7 Å². The zero-order valence-electron chi connectivity index (χ0n) is 20.3. The second-order valence-corrected chi connectivity index (χ2v) is 10.9. The van der Waals surface area contributed by atoms with Crippen molar-refractivity contribution >= 4 is 45.9 Å². The van der Waals surface area contributed by atoms with Crippen molar-refractivity contribution in [1.82, 2.24) is 15.2 Å². The van der Waals surface area contributed by atoms with E-state index in [0.29, 0.717) is 34.6 Å². The van der Waals surface area contributed by atoms with Gasteiger partial charge in [-0.05, 0) is 67.7 Å². The topological polar surface area (TPSA) is 86.7 Å². The number of fused-ring (bicyclic) bond motifs is 2. The summed E-state index contributed by atoms with van der Waals surface area (Å²) in [5, 5.41) is 19.0. The number of aliphatic hydroxyl groups excluding tert-OH is 1. The van der Waals surface area contributed by atoms with E-state index in [9.17, 15) is 9.90 Å². The average Bonchev–Trinajstić information content (AvgIpc) is 2.88. The number of likely N-dealkylation sites (tertiary alicyclic amines) is 1. The van der Waals surface area contributed by atoms with Gasteiger partial charge in [-0.2, -0.15) is 0 Å². The molecule has 0 radical (unpaired) electrons. The Hall–Kier alpha value is -2.36. The number of halogens is 1. The minimum atomic E-state index is -0.717. The van der Waals surface area contributed by atoms with Crippen LogP contribution in [0.3, 0.4) is 0 Å². The third-order valence-electron chi connectivity index (χ3n) is 6.87. The fraction of sp³-hybridized carbons (Fsp3) is 0.407. The molecular formula is C27H31ClN4O3S. The number of anilines is 1. The van der Waals surface area contributed by atoms with Gasteiger partial charge in [0.2, 0.25) is 5.91 Å². The third-order valence-corrected chi connectivity index (χ3v) is 8.25. The molecule has 3 N–H and O–H groups in total. The third kappa shape index (κ3) is 5.79. The van der Waals surface area contributed by atoms with Crippen molar-refractivity contribution in [3.63, 3.8) is 0 Å². The summed E-state index contributed by atoms with van der Waals surface area (Å²) in [7, 11) is 1.62. The molecule has 5 rings (SSSR count). The van der Waals surface area contributed by atoms with Gasteiger partial charge < -0.3 is 25.4 Å². The fourth-order valence-corrected chi connectivity index (χ4v) is 6.18. The molecule has 1 fully saturated rings. The first-order valence-electron chi connectivity index (χ1n) is 12.3. The number of nitrogens with one attached hydrogen (secondary N) is 2. The highest BCUT2D eigenvalue weighted by Gasteiger charge is 2.25. The Morgan fingerprint density at radius 3 is 3.08 bits per heavy atom. The summed E-state index contributed by atoms with van der Waals surface area (Å²) in [6.45, 7) is 4.06. The van der Waals surface area contributed by atoms with Gasteiger partial charge in [0.1, 0.15) is 5.75 Å². The van der Waals surface area contributed by atoms with Crippen molar-refractivity contribution in [3.8, 4) is 5.75 Å². The van der Waals surface area contributed by atoms with E-state index >= 15 is 0 Å². The first-order chi connectivity index (χ1) is 17.5. The number of hydrogen-bond acceptors (Lipinski definition) is 7. The highest BCUT2D eigenvalue weighted by Crippen LogP contribution is 2.34. The molecule has 2 unspecified atom stereocenters. The SMILES string of the molecule is COc1ccc2ncc(Cl)c(C(O)CN3CCCC(CNCc4ccc5c(c4)NC(=O)CS5)C3)c2c1. The summed E-state index contributed by atoms with van der Waals surface area (Å²) in [5.74, 6) is 1.75. The lowest BCUT2D eigenvalue weighted by Crippen LogP contribution is -2.41. The van der Waals surface area contributed by atoms with Crippen LogP contribution in [-0.2, 0) is 11.3 Å². The lowest BCUT2D eigenvalue weighted by Gasteiger charge is -2.34. The van der Waals surface area contributed by atoms with Crippen molar-refractivity contribution in [3.05, 3.63) is 58.7 Å². The standard InChI is InChI=1S/C27H31ClN4O3S/c1-35-19-5-6-22-20(10-19)27(21(28)13-30-22)24(33)15-32-8-2-3-18(14-32)12-29-11-17-4-7-25-23(9-17)31-26(34)16-36-25/h4-7,9-10,13,18,24,29,33H,2-3,8,11-12,14-16H2,1H3,(H,31,34). The van der Waals surface area contributed by atoms with Gasteiger partial charge in [0.25, 0.3) is 0 Å². The molecule has 7 nitrogen and oxygen atoms in total. The van der Waals surface area contributed by atoms with E-state index in [1.165, 1.54) is 0 Å². The number of piperidine rings is 1. The molecule has 190 valence electrons. The molecule has 3 heterocycles.